The first-order chi connectivity index (χ1) is 24.1. The van der Waals surface area contributed by atoms with Crippen LogP contribution < -0.4 is 0 Å². The summed E-state index contributed by atoms with van der Waals surface area (Å²) in [7, 11) is 3.69. The molecule has 2 unspecified atom stereocenters. The number of rotatable bonds is 21. The minimum absolute atomic E-state index is 0.00192. The molecule has 306 valence electrons. The highest BCUT2D eigenvalue weighted by Gasteiger charge is 2.66. The second-order valence-corrected chi connectivity index (χ2v) is 22.0. The lowest BCUT2D eigenvalue weighted by Crippen LogP contribution is -2.62. The molecule has 14 heteroatoms. The van der Waals surface area contributed by atoms with E-state index in [-0.39, 0.29) is 62.7 Å². The Kier molecular flexibility index (Phi) is 15.6. The predicted octanol–water partition coefficient (Wildman–Crippen LogP) is 7.14. The molecule has 0 radical (unpaired) electrons. The molecule has 2 N–H and O–H groups in total. The van der Waals surface area contributed by atoms with Crippen LogP contribution in [0.15, 0.2) is 0 Å². The molecule has 0 aromatic rings. The zero-order valence-corrected chi connectivity index (χ0v) is 36.1. The standard InChI is InChI=1S/C38H74N2O10P2/c1-11-14-29(2)31-16-17-32-36-33(28-35(38(31,32)4)46-24-26-50-52(43,44)48-22-20-40(8,9)10)37(3)18-13-12-15-30(37)27-34(36)45-23-25-49-51(41,42)47-21-19-39(5,6)7/h29-36H,11-28H2,1-10H3/p+2/t29-,30+,31-,32+,33+,34-,35+,36+,37+,38-/m1/s1. The Morgan fingerprint density at radius 1 is 0.731 bits per heavy atom. The predicted molar refractivity (Wildman–Crippen MR) is 203 cm³/mol. The summed E-state index contributed by atoms with van der Waals surface area (Å²) in [5.41, 5.74) is 0.0994. The van der Waals surface area contributed by atoms with Gasteiger partial charge in [-0.05, 0) is 79.4 Å². The van der Waals surface area contributed by atoms with Gasteiger partial charge in [-0.2, -0.15) is 0 Å². The van der Waals surface area contributed by atoms with E-state index in [0.717, 1.165) is 32.1 Å². The molecular weight excluding hydrogens is 706 g/mol. The van der Waals surface area contributed by atoms with Crippen molar-refractivity contribution in [3.05, 3.63) is 0 Å². The highest BCUT2D eigenvalue weighted by Crippen LogP contribution is 2.69. The van der Waals surface area contributed by atoms with E-state index in [0.29, 0.717) is 57.6 Å². The van der Waals surface area contributed by atoms with Gasteiger partial charge >= 0.3 is 15.6 Å². The number of phosphoric ester groups is 2. The quantitative estimate of drug-likeness (QED) is 0.0704. The summed E-state index contributed by atoms with van der Waals surface area (Å²) in [5.74, 6) is 2.76. The summed E-state index contributed by atoms with van der Waals surface area (Å²) in [6, 6.07) is 0. The SMILES string of the molecule is CCC[C@@H](C)[C@H]1CC[C@H]2[C@@H]3[C@H](OCCOP(=O)(O)OCC[N+](C)(C)C)C[C@@H]4CCCC[C@]4(C)[C@H]3C[C@H](OCCOP(=O)(O)OCC[N+](C)(C)C)[C@]12C. The summed E-state index contributed by atoms with van der Waals surface area (Å²) in [4.78, 5) is 20.7. The molecule has 4 saturated carbocycles. The average molecular weight is 783 g/mol. The van der Waals surface area contributed by atoms with Gasteiger partial charge in [0.15, 0.2) is 0 Å². The first-order valence-electron chi connectivity index (χ1n) is 20.2. The maximum atomic E-state index is 12.7. The van der Waals surface area contributed by atoms with E-state index in [1.165, 1.54) is 32.1 Å². The van der Waals surface area contributed by atoms with E-state index in [1.54, 1.807) is 0 Å². The Balaban J connectivity index is 1.50. The van der Waals surface area contributed by atoms with Crippen molar-refractivity contribution >= 4 is 15.6 Å². The smallest absolute Gasteiger partial charge is 0.375 e. The van der Waals surface area contributed by atoms with Crippen molar-refractivity contribution < 1.29 is 55.5 Å². The van der Waals surface area contributed by atoms with Crippen LogP contribution >= 0.6 is 15.6 Å². The van der Waals surface area contributed by atoms with Crippen molar-refractivity contribution in [2.24, 2.45) is 46.3 Å². The molecule has 0 spiro atoms. The van der Waals surface area contributed by atoms with Crippen LogP contribution in [0.5, 0.6) is 0 Å². The van der Waals surface area contributed by atoms with Crippen molar-refractivity contribution in [3.8, 4) is 0 Å². The third kappa shape index (κ3) is 11.6. The Hall–Kier alpha value is 0.0600. The Bertz CT molecular complexity index is 1230. The van der Waals surface area contributed by atoms with Crippen molar-refractivity contribution in [2.75, 3.05) is 95.0 Å². The zero-order valence-electron chi connectivity index (χ0n) is 34.3. The van der Waals surface area contributed by atoms with E-state index in [2.05, 4.69) is 27.7 Å². The third-order valence-electron chi connectivity index (χ3n) is 13.5. The Morgan fingerprint density at radius 3 is 1.85 bits per heavy atom. The van der Waals surface area contributed by atoms with Gasteiger partial charge in [0.1, 0.15) is 26.3 Å². The fourth-order valence-corrected chi connectivity index (χ4v) is 12.2. The Labute approximate surface area is 316 Å². The monoisotopic (exact) mass is 782 g/mol. The molecule has 0 aliphatic heterocycles. The van der Waals surface area contributed by atoms with E-state index in [4.69, 9.17) is 27.6 Å². The zero-order chi connectivity index (χ0) is 38.6. The molecule has 4 fully saturated rings. The van der Waals surface area contributed by atoms with Crippen LogP contribution in [0.3, 0.4) is 0 Å². The van der Waals surface area contributed by atoms with Crippen molar-refractivity contribution in [2.45, 2.75) is 104 Å². The maximum absolute atomic E-state index is 12.7. The van der Waals surface area contributed by atoms with Gasteiger partial charge in [0.2, 0.25) is 0 Å². The summed E-state index contributed by atoms with van der Waals surface area (Å²) >= 11 is 0. The second-order valence-electron chi connectivity index (χ2n) is 19.1. The number of ether oxygens (including phenoxy) is 2. The van der Waals surface area contributed by atoms with Gasteiger partial charge in [-0.25, -0.2) is 9.13 Å². The minimum atomic E-state index is -4.18. The van der Waals surface area contributed by atoms with Crippen molar-refractivity contribution in [1.82, 2.24) is 0 Å². The van der Waals surface area contributed by atoms with Gasteiger partial charge in [0.25, 0.3) is 0 Å². The minimum Gasteiger partial charge on any atom is -0.375 e. The van der Waals surface area contributed by atoms with Crippen LogP contribution in [0.4, 0.5) is 0 Å². The normalized spacial score (nSPS) is 36.7. The fraction of sp³-hybridized carbons (Fsp3) is 1.00. The molecule has 0 bridgehead atoms. The molecule has 0 amide bonds. The molecule has 4 rings (SSSR count). The number of hydrogen-bond acceptors (Lipinski definition) is 8. The number of nitrogens with zero attached hydrogens (tertiary/aromatic N) is 2. The highest BCUT2D eigenvalue weighted by atomic mass is 31.2. The fourth-order valence-electron chi connectivity index (χ4n) is 10.8. The topological polar surface area (TPSA) is 130 Å². The van der Waals surface area contributed by atoms with E-state index < -0.39 is 15.6 Å². The molecule has 0 heterocycles. The van der Waals surface area contributed by atoms with Crippen molar-refractivity contribution in [1.29, 1.82) is 0 Å². The first-order valence-corrected chi connectivity index (χ1v) is 23.2. The van der Waals surface area contributed by atoms with E-state index in [1.807, 2.05) is 42.3 Å². The number of likely N-dealkylation sites (N-methyl/N-ethyl adjacent to an activating group) is 2. The maximum Gasteiger partial charge on any atom is 0.472 e. The van der Waals surface area contributed by atoms with Crippen LogP contribution in [0.25, 0.3) is 0 Å². The lowest BCUT2D eigenvalue weighted by molar-refractivity contribution is -0.870. The summed E-state index contributed by atoms with van der Waals surface area (Å²) < 4.78 is 61.5. The van der Waals surface area contributed by atoms with E-state index in [9.17, 15) is 18.9 Å². The average Bonchev–Trinajstić information content (AvgIpc) is 3.38. The largest absolute Gasteiger partial charge is 0.472 e. The highest BCUT2D eigenvalue weighted by molar-refractivity contribution is 7.47. The van der Waals surface area contributed by atoms with Gasteiger partial charge in [0, 0.05) is 5.41 Å². The van der Waals surface area contributed by atoms with Crippen LogP contribution in [0.2, 0.25) is 0 Å². The molecule has 0 saturated heterocycles. The summed E-state index contributed by atoms with van der Waals surface area (Å²) in [6.07, 6.45) is 11.5. The Morgan fingerprint density at radius 2 is 1.29 bits per heavy atom. The lowest BCUT2D eigenvalue weighted by Gasteiger charge is -2.64. The van der Waals surface area contributed by atoms with Crippen molar-refractivity contribution in [3.63, 3.8) is 0 Å². The number of phosphoric acid groups is 2. The summed E-state index contributed by atoms with van der Waals surface area (Å²) in [6.45, 7) is 11.6. The molecule has 0 aromatic carbocycles. The number of hydrogen-bond donors (Lipinski definition) is 2. The number of quaternary nitrogens is 2. The molecule has 4 aliphatic carbocycles. The molecular formula is C38H76N2O10P2+2. The molecule has 52 heavy (non-hydrogen) atoms. The second kappa shape index (κ2) is 18.1. The van der Waals surface area contributed by atoms with Crippen LogP contribution in [-0.2, 0) is 36.7 Å². The van der Waals surface area contributed by atoms with Gasteiger partial charge in [0.05, 0.1) is 80.9 Å². The van der Waals surface area contributed by atoms with Gasteiger partial charge < -0.3 is 28.2 Å². The number of fused-ring (bicyclic) bond motifs is 5. The first kappa shape index (κ1) is 44.8. The van der Waals surface area contributed by atoms with E-state index >= 15 is 0 Å². The summed E-state index contributed by atoms with van der Waals surface area (Å²) in [5, 5.41) is 0. The molecule has 12 nitrogen and oxygen atoms in total. The van der Waals surface area contributed by atoms with Gasteiger partial charge in [-0.15, -0.1) is 0 Å². The molecule has 4 aliphatic rings. The van der Waals surface area contributed by atoms with Crippen LogP contribution in [0, 0.1) is 46.3 Å². The third-order valence-corrected chi connectivity index (χ3v) is 15.5. The van der Waals surface area contributed by atoms with Crippen LogP contribution in [0.1, 0.15) is 91.9 Å². The molecule has 12 atom stereocenters. The molecule has 0 aromatic heterocycles. The van der Waals surface area contributed by atoms with Crippen LogP contribution in [-0.4, -0.2) is 126 Å². The lowest BCUT2D eigenvalue weighted by atomic mass is 9.43. The van der Waals surface area contributed by atoms with Gasteiger partial charge in [-0.1, -0.05) is 53.4 Å². The van der Waals surface area contributed by atoms with Gasteiger partial charge in [-0.3, -0.25) is 18.1 Å².